The van der Waals surface area contributed by atoms with Crippen LogP contribution in [0.5, 0.6) is 0 Å². The van der Waals surface area contributed by atoms with Crippen LogP contribution in [0, 0.1) is 0 Å². The van der Waals surface area contributed by atoms with Gasteiger partial charge in [-0.3, -0.25) is 0 Å². The van der Waals surface area contributed by atoms with E-state index in [-0.39, 0.29) is 6.61 Å². The second-order valence-corrected chi connectivity index (χ2v) is 3.06. The molecule has 0 aromatic carbocycles. The summed E-state index contributed by atoms with van der Waals surface area (Å²) in [5, 5.41) is 16.2. The molecule has 13 heavy (non-hydrogen) atoms. The highest BCUT2D eigenvalue weighted by atomic mass is 16.3. The van der Waals surface area contributed by atoms with Crippen LogP contribution in [-0.4, -0.2) is 23.3 Å². The fourth-order valence-electron chi connectivity index (χ4n) is 1.69. The maximum atomic E-state index is 9.10. The topological polar surface area (TPSA) is 118 Å². The van der Waals surface area contributed by atoms with Crippen molar-refractivity contribution in [2.24, 2.45) is 10.2 Å². The van der Waals surface area contributed by atoms with Gasteiger partial charge >= 0.3 is 0 Å². The fraction of sp³-hybridized carbons (Fsp3) is 1.00. The summed E-state index contributed by atoms with van der Waals surface area (Å²) >= 11 is 0. The second kappa shape index (κ2) is 4.00. The predicted octanol–water partition coefficient (Wildman–Crippen LogP) is 1.89. The highest BCUT2D eigenvalue weighted by Gasteiger charge is 2.41. The molecule has 0 aliphatic heterocycles. The summed E-state index contributed by atoms with van der Waals surface area (Å²) < 4.78 is 0. The summed E-state index contributed by atoms with van der Waals surface area (Å²) in [5.41, 5.74) is 15.7. The average Bonchev–Trinajstić information content (AvgIpc) is 2.51. The monoisotopic (exact) mass is 182 g/mol. The first-order valence-electron chi connectivity index (χ1n) is 4.00. The van der Waals surface area contributed by atoms with Crippen LogP contribution in [0.1, 0.15) is 19.3 Å². The molecule has 0 bridgehead atoms. The molecule has 0 aromatic rings. The maximum absolute atomic E-state index is 9.10. The Bertz CT molecular complexity index is 279. The van der Waals surface area contributed by atoms with Crippen LogP contribution in [0.25, 0.3) is 20.9 Å². The van der Waals surface area contributed by atoms with E-state index >= 15 is 0 Å². The van der Waals surface area contributed by atoms with Gasteiger partial charge in [0.25, 0.3) is 0 Å². The second-order valence-electron chi connectivity index (χ2n) is 3.06. The van der Waals surface area contributed by atoms with Gasteiger partial charge in [0.05, 0.1) is 18.2 Å². The van der Waals surface area contributed by atoms with Crippen LogP contribution in [0.4, 0.5) is 0 Å². The first-order chi connectivity index (χ1) is 6.29. The average molecular weight is 182 g/mol. The molecule has 0 amide bonds. The van der Waals surface area contributed by atoms with E-state index < -0.39 is 11.6 Å². The number of nitrogens with zero attached hydrogens (tertiary/aromatic N) is 6. The number of hydrogen-bond acceptors (Lipinski definition) is 3. The fourth-order valence-corrected chi connectivity index (χ4v) is 1.69. The van der Waals surface area contributed by atoms with Gasteiger partial charge in [0.15, 0.2) is 0 Å². The van der Waals surface area contributed by atoms with Crippen molar-refractivity contribution in [3.05, 3.63) is 20.9 Å². The van der Waals surface area contributed by atoms with E-state index in [0.29, 0.717) is 12.8 Å². The highest BCUT2D eigenvalue weighted by Crippen LogP contribution is 2.35. The van der Waals surface area contributed by atoms with E-state index in [2.05, 4.69) is 20.1 Å². The Morgan fingerprint density at radius 3 is 2.77 bits per heavy atom. The normalized spacial score (nSPS) is 31.9. The molecule has 0 heterocycles. The summed E-state index contributed by atoms with van der Waals surface area (Å²) in [6.07, 6.45) is 2.06. The Hall–Kier alpha value is -1.42. The first kappa shape index (κ1) is 9.67. The largest absolute Gasteiger partial charge is 0.396 e. The molecular weight excluding hydrogens is 172 g/mol. The summed E-state index contributed by atoms with van der Waals surface area (Å²) in [5.74, 6) is 0. The Balaban J connectivity index is 2.95. The lowest BCUT2D eigenvalue weighted by Gasteiger charge is -2.24. The SMILES string of the molecule is [N-]=[N+]=NC1CCCC1(CO)N=[N+]=[N-]. The molecule has 1 N–H and O–H groups in total. The molecule has 0 spiro atoms. The van der Waals surface area contributed by atoms with Gasteiger partial charge in [-0.25, -0.2) is 0 Å². The Morgan fingerprint density at radius 1 is 1.46 bits per heavy atom. The van der Waals surface area contributed by atoms with Gasteiger partial charge in [-0.1, -0.05) is 16.6 Å². The maximum Gasteiger partial charge on any atom is 0.0802 e. The van der Waals surface area contributed by atoms with E-state index in [0.717, 1.165) is 6.42 Å². The number of aliphatic hydroxyl groups is 1. The zero-order valence-corrected chi connectivity index (χ0v) is 7.04. The van der Waals surface area contributed by atoms with E-state index in [4.69, 9.17) is 16.2 Å². The number of rotatable bonds is 3. The van der Waals surface area contributed by atoms with Crippen molar-refractivity contribution in [1.82, 2.24) is 0 Å². The lowest BCUT2D eigenvalue weighted by atomic mass is 9.96. The molecule has 0 aromatic heterocycles. The Labute approximate surface area is 74.6 Å². The van der Waals surface area contributed by atoms with Crippen molar-refractivity contribution in [3.8, 4) is 0 Å². The number of azide groups is 2. The Morgan fingerprint density at radius 2 is 2.23 bits per heavy atom. The molecule has 7 nitrogen and oxygen atoms in total. The van der Waals surface area contributed by atoms with Crippen LogP contribution in [0.2, 0.25) is 0 Å². The summed E-state index contributed by atoms with van der Waals surface area (Å²) in [4.78, 5) is 5.35. The van der Waals surface area contributed by atoms with Crippen molar-refractivity contribution >= 4 is 0 Å². The Kier molecular flexibility index (Phi) is 2.97. The lowest BCUT2D eigenvalue weighted by Crippen LogP contribution is -2.37. The van der Waals surface area contributed by atoms with Crippen LogP contribution >= 0.6 is 0 Å². The van der Waals surface area contributed by atoms with Gasteiger partial charge in [0, 0.05) is 9.82 Å². The number of aliphatic hydroxyl groups excluding tert-OH is 1. The van der Waals surface area contributed by atoms with E-state index in [1.165, 1.54) is 0 Å². The van der Waals surface area contributed by atoms with Gasteiger partial charge in [-0.05, 0) is 23.9 Å². The van der Waals surface area contributed by atoms with Crippen LogP contribution in [0.15, 0.2) is 10.2 Å². The third kappa shape index (κ3) is 1.67. The molecule has 7 heteroatoms. The molecule has 2 atom stereocenters. The molecule has 1 aliphatic rings. The summed E-state index contributed by atoms with van der Waals surface area (Å²) in [7, 11) is 0. The minimum absolute atomic E-state index is 0.263. The van der Waals surface area contributed by atoms with Gasteiger partial charge in [0.1, 0.15) is 0 Å². The first-order valence-corrected chi connectivity index (χ1v) is 4.00. The third-order valence-electron chi connectivity index (χ3n) is 2.42. The molecule has 2 unspecified atom stereocenters. The standard InChI is InChI=1S/C6H10N6O/c7-11-9-5-2-1-3-6(5,4-13)10-12-8/h5,13H,1-4H2. The third-order valence-corrected chi connectivity index (χ3v) is 2.42. The summed E-state index contributed by atoms with van der Waals surface area (Å²) in [6.45, 7) is -0.263. The van der Waals surface area contributed by atoms with Crippen molar-refractivity contribution in [2.75, 3.05) is 6.61 Å². The summed E-state index contributed by atoms with van der Waals surface area (Å²) in [6, 6.07) is -0.404. The highest BCUT2D eigenvalue weighted by molar-refractivity contribution is 5.03. The molecule has 0 radical (unpaired) electrons. The van der Waals surface area contributed by atoms with Gasteiger partial charge < -0.3 is 5.11 Å². The van der Waals surface area contributed by atoms with E-state index in [1.54, 1.807) is 0 Å². The van der Waals surface area contributed by atoms with Crippen molar-refractivity contribution < 1.29 is 5.11 Å². The van der Waals surface area contributed by atoms with E-state index in [9.17, 15) is 0 Å². The number of hydrogen-bond donors (Lipinski definition) is 1. The molecule has 1 aliphatic carbocycles. The minimum Gasteiger partial charge on any atom is -0.396 e. The quantitative estimate of drug-likeness (QED) is 0.400. The molecule has 70 valence electrons. The molecule has 0 saturated heterocycles. The molecular formula is C6H10N6O. The van der Waals surface area contributed by atoms with Gasteiger partial charge in [0.2, 0.25) is 0 Å². The minimum atomic E-state index is -0.902. The van der Waals surface area contributed by atoms with Crippen LogP contribution in [0.3, 0.4) is 0 Å². The van der Waals surface area contributed by atoms with Crippen molar-refractivity contribution in [2.45, 2.75) is 30.8 Å². The zero-order valence-electron chi connectivity index (χ0n) is 7.04. The smallest absolute Gasteiger partial charge is 0.0802 e. The molecule has 1 rings (SSSR count). The van der Waals surface area contributed by atoms with Crippen molar-refractivity contribution in [3.63, 3.8) is 0 Å². The predicted molar refractivity (Wildman–Crippen MR) is 45.7 cm³/mol. The molecule has 1 fully saturated rings. The van der Waals surface area contributed by atoms with E-state index in [1.807, 2.05) is 0 Å². The van der Waals surface area contributed by atoms with Gasteiger partial charge in [-0.2, -0.15) is 0 Å². The zero-order chi connectivity index (χ0) is 9.73. The van der Waals surface area contributed by atoms with Crippen molar-refractivity contribution in [1.29, 1.82) is 0 Å². The van der Waals surface area contributed by atoms with Crippen LogP contribution < -0.4 is 0 Å². The lowest BCUT2D eigenvalue weighted by molar-refractivity contribution is 0.186. The van der Waals surface area contributed by atoms with Gasteiger partial charge in [-0.15, -0.1) is 0 Å². The van der Waals surface area contributed by atoms with Crippen LogP contribution in [-0.2, 0) is 0 Å². The molecule has 1 saturated carbocycles.